The average Bonchev–Trinajstić information content (AvgIpc) is 3.00. The van der Waals surface area contributed by atoms with Crippen LogP contribution in [0.15, 0.2) is 24.3 Å². The SMILES string of the molecule is CCc1ccc(C(=O)N2CCN(C(=O)Cn3nc(C)c([N+](=O)[O-])c3C)CC2)cc1. The summed E-state index contributed by atoms with van der Waals surface area (Å²) in [7, 11) is 0. The van der Waals surface area contributed by atoms with Crippen LogP contribution in [0.2, 0.25) is 0 Å². The summed E-state index contributed by atoms with van der Waals surface area (Å²) in [5.41, 5.74) is 2.44. The maximum absolute atomic E-state index is 12.7. The van der Waals surface area contributed by atoms with Crippen molar-refractivity contribution in [3.8, 4) is 0 Å². The predicted octanol–water partition coefficient (Wildman–Crippen LogP) is 1.96. The first-order valence-corrected chi connectivity index (χ1v) is 9.66. The lowest BCUT2D eigenvalue weighted by molar-refractivity contribution is -0.386. The van der Waals surface area contributed by atoms with Gasteiger partial charge >= 0.3 is 5.69 Å². The number of rotatable bonds is 5. The first kappa shape index (κ1) is 20.5. The fourth-order valence-electron chi connectivity index (χ4n) is 3.56. The van der Waals surface area contributed by atoms with E-state index >= 15 is 0 Å². The van der Waals surface area contributed by atoms with Crippen LogP contribution in [0.25, 0.3) is 0 Å². The molecule has 154 valence electrons. The maximum Gasteiger partial charge on any atom is 0.312 e. The van der Waals surface area contributed by atoms with E-state index in [1.54, 1.807) is 23.6 Å². The number of amides is 2. The van der Waals surface area contributed by atoms with Gasteiger partial charge in [0.2, 0.25) is 5.91 Å². The van der Waals surface area contributed by atoms with E-state index in [4.69, 9.17) is 0 Å². The van der Waals surface area contributed by atoms with E-state index in [0.717, 1.165) is 6.42 Å². The van der Waals surface area contributed by atoms with Crippen LogP contribution >= 0.6 is 0 Å². The highest BCUT2D eigenvalue weighted by atomic mass is 16.6. The fraction of sp³-hybridized carbons (Fsp3) is 0.450. The summed E-state index contributed by atoms with van der Waals surface area (Å²) in [6, 6.07) is 7.60. The van der Waals surface area contributed by atoms with E-state index in [0.29, 0.717) is 43.1 Å². The van der Waals surface area contributed by atoms with Crippen LogP contribution in [-0.2, 0) is 17.8 Å². The molecule has 0 aliphatic carbocycles. The van der Waals surface area contributed by atoms with Gasteiger partial charge in [0.25, 0.3) is 5.91 Å². The quantitative estimate of drug-likeness (QED) is 0.565. The van der Waals surface area contributed by atoms with Crippen molar-refractivity contribution >= 4 is 17.5 Å². The highest BCUT2D eigenvalue weighted by Gasteiger charge is 2.27. The van der Waals surface area contributed by atoms with Gasteiger partial charge in [-0.25, -0.2) is 0 Å². The number of benzene rings is 1. The van der Waals surface area contributed by atoms with Crippen LogP contribution in [0.4, 0.5) is 5.69 Å². The number of nitrogens with zero attached hydrogens (tertiary/aromatic N) is 5. The van der Waals surface area contributed by atoms with E-state index in [1.807, 2.05) is 24.3 Å². The maximum atomic E-state index is 12.7. The molecule has 0 spiro atoms. The predicted molar refractivity (Wildman–Crippen MR) is 107 cm³/mol. The van der Waals surface area contributed by atoms with Gasteiger partial charge in [-0.05, 0) is 38.0 Å². The molecule has 0 unspecified atom stereocenters. The Morgan fingerprint density at radius 3 is 2.17 bits per heavy atom. The number of carbonyl (C=O) groups is 2. The van der Waals surface area contributed by atoms with Gasteiger partial charge in [-0.2, -0.15) is 5.10 Å². The average molecular weight is 399 g/mol. The molecule has 2 heterocycles. The number of aromatic nitrogens is 2. The second kappa shape index (κ2) is 8.42. The normalized spacial score (nSPS) is 14.2. The van der Waals surface area contributed by atoms with Crippen molar-refractivity contribution in [2.45, 2.75) is 33.7 Å². The second-order valence-electron chi connectivity index (χ2n) is 7.16. The van der Waals surface area contributed by atoms with Crippen LogP contribution in [0, 0.1) is 24.0 Å². The molecule has 0 N–H and O–H groups in total. The highest BCUT2D eigenvalue weighted by molar-refractivity contribution is 5.94. The molecule has 1 aliphatic rings. The van der Waals surface area contributed by atoms with Gasteiger partial charge in [0, 0.05) is 31.7 Å². The minimum Gasteiger partial charge on any atom is -0.338 e. The molecular formula is C20H25N5O4. The van der Waals surface area contributed by atoms with Gasteiger partial charge in [0.05, 0.1) is 4.92 Å². The Balaban J connectivity index is 1.59. The van der Waals surface area contributed by atoms with E-state index in [1.165, 1.54) is 10.2 Å². The number of aryl methyl sites for hydroxylation is 2. The number of hydrogen-bond donors (Lipinski definition) is 0. The third-order valence-electron chi connectivity index (χ3n) is 5.34. The van der Waals surface area contributed by atoms with Crippen LogP contribution in [0.3, 0.4) is 0 Å². The fourth-order valence-corrected chi connectivity index (χ4v) is 3.56. The molecule has 2 amide bonds. The minimum absolute atomic E-state index is 0.0334. The van der Waals surface area contributed by atoms with Crippen LogP contribution in [-0.4, -0.2) is 62.5 Å². The van der Waals surface area contributed by atoms with Crippen molar-refractivity contribution in [1.82, 2.24) is 19.6 Å². The molecule has 2 aromatic rings. The molecule has 1 aromatic heterocycles. The van der Waals surface area contributed by atoms with Crippen molar-refractivity contribution < 1.29 is 14.5 Å². The summed E-state index contributed by atoms with van der Waals surface area (Å²) >= 11 is 0. The molecule has 0 saturated carbocycles. The van der Waals surface area contributed by atoms with E-state index in [9.17, 15) is 19.7 Å². The molecular weight excluding hydrogens is 374 g/mol. The van der Waals surface area contributed by atoms with E-state index < -0.39 is 4.92 Å². The molecule has 9 heteroatoms. The molecule has 29 heavy (non-hydrogen) atoms. The summed E-state index contributed by atoms with van der Waals surface area (Å²) in [6.45, 7) is 6.94. The number of nitro groups is 1. The monoisotopic (exact) mass is 399 g/mol. The Morgan fingerprint density at radius 1 is 1.07 bits per heavy atom. The number of hydrogen-bond acceptors (Lipinski definition) is 5. The summed E-state index contributed by atoms with van der Waals surface area (Å²) in [5, 5.41) is 15.2. The summed E-state index contributed by atoms with van der Waals surface area (Å²) in [5.74, 6) is -0.196. The zero-order valence-electron chi connectivity index (χ0n) is 16.9. The van der Waals surface area contributed by atoms with Crippen LogP contribution in [0.1, 0.15) is 34.2 Å². The van der Waals surface area contributed by atoms with Gasteiger partial charge in [-0.3, -0.25) is 24.4 Å². The number of carbonyl (C=O) groups excluding carboxylic acids is 2. The lowest BCUT2D eigenvalue weighted by atomic mass is 10.1. The highest BCUT2D eigenvalue weighted by Crippen LogP contribution is 2.22. The van der Waals surface area contributed by atoms with E-state index in [-0.39, 0.29) is 24.0 Å². The third-order valence-corrected chi connectivity index (χ3v) is 5.34. The molecule has 3 rings (SSSR count). The third kappa shape index (κ3) is 4.28. The topological polar surface area (TPSA) is 102 Å². The lowest BCUT2D eigenvalue weighted by Gasteiger charge is -2.35. The summed E-state index contributed by atoms with van der Waals surface area (Å²) in [6.07, 6.45) is 0.924. The van der Waals surface area contributed by atoms with Crippen molar-refractivity contribution in [3.05, 3.63) is 56.9 Å². The zero-order chi connectivity index (χ0) is 21.1. The largest absolute Gasteiger partial charge is 0.338 e. The van der Waals surface area contributed by atoms with Gasteiger partial charge in [-0.1, -0.05) is 19.1 Å². The van der Waals surface area contributed by atoms with Gasteiger partial charge in [0.15, 0.2) is 0 Å². The van der Waals surface area contributed by atoms with E-state index in [2.05, 4.69) is 12.0 Å². The molecule has 1 fully saturated rings. The van der Waals surface area contributed by atoms with Crippen LogP contribution in [0.5, 0.6) is 0 Å². The van der Waals surface area contributed by atoms with Crippen molar-refractivity contribution in [2.24, 2.45) is 0 Å². The Hall–Kier alpha value is -3.23. The van der Waals surface area contributed by atoms with Crippen LogP contribution < -0.4 is 0 Å². The molecule has 1 saturated heterocycles. The molecule has 0 radical (unpaired) electrons. The Morgan fingerprint density at radius 2 is 1.66 bits per heavy atom. The second-order valence-corrected chi connectivity index (χ2v) is 7.16. The molecule has 9 nitrogen and oxygen atoms in total. The van der Waals surface area contributed by atoms with Gasteiger partial charge in [-0.15, -0.1) is 0 Å². The van der Waals surface area contributed by atoms with Gasteiger partial charge in [0.1, 0.15) is 17.9 Å². The van der Waals surface area contributed by atoms with Crippen molar-refractivity contribution in [1.29, 1.82) is 0 Å². The van der Waals surface area contributed by atoms with Crippen molar-refractivity contribution in [2.75, 3.05) is 26.2 Å². The number of piperazine rings is 1. The Kier molecular flexibility index (Phi) is 5.95. The molecule has 0 bridgehead atoms. The standard InChI is InChI=1S/C20H25N5O4/c1-4-16-5-7-17(8-6-16)20(27)23-11-9-22(10-12-23)18(26)13-24-15(3)19(25(28)29)14(2)21-24/h5-8H,4,9-13H2,1-3H3. The summed E-state index contributed by atoms with van der Waals surface area (Å²) < 4.78 is 1.38. The first-order chi connectivity index (χ1) is 13.8. The summed E-state index contributed by atoms with van der Waals surface area (Å²) in [4.78, 5) is 39.3. The molecule has 1 aliphatic heterocycles. The lowest BCUT2D eigenvalue weighted by Crippen LogP contribution is -2.51. The zero-order valence-corrected chi connectivity index (χ0v) is 16.9. The first-order valence-electron chi connectivity index (χ1n) is 9.66. The smallest absolute Gasteiger partial charge is 0.312 e. The van der Waals surface area contributed by atoms with Gasteiger partial charge < -0.3 is 9.80 Å². The Labute approximate surface area is 169 Å². The minimum atomic E-state index is -0.476. The molecule has 1 aromatic carbocycles. The molecule has 0 atom stereocenters. The van der Waals surface area contributed by atoms with Crippen molar-refractivity contribution in [3.63, 3.8) is 0 Å². The Bertz CT molecular complexity index is 927.